The van der Waals surface area contributed by atoms with E-state index in [9.17, 15) is 0 Å². The highest BCUT2D eigenvalue weighted by atomic mass is 27.1. The van der Waals surface area contributed by atoms with Crippen molar-refractivity contribution in [1.82, 2.24) is 0 Å². The standard InChI is InChI=1S/C3H7.C2H5.Al.H/c1-3-2;1-2;;/h1,3H2,2H3;1H2,2H3;;. The van der Waals surface area contributed by atoms with E-state index < -0.39 is 0 Å². The second kappa shape index (κ2) is 5.53. The molecule has 0 bridgehead atoms. The van der Waals surface area contributed by atoms with Crippen molar-refractivity contribution in [2.45, 2.75) is 30.8 Å². The molecule has 0 aliphatic rings. The molecule has 0 nitrogen and oxygen atoms in total. The molecule has 36 valence electrons. The summed E-state index contributed by atoms with van der Waals surface area (Å²) in [5, 5.41) is 3.05. The largest absolute Gasteiger partial charge is 0.236 e. The predicted octanol–water partition coefficient (Wildman–Crippen LogP) is 1.69. The molecule has 0 aromatic carbocycles. The summed E-state index contributed by atoms with van der Waals surface area (Å²) in [4.78, 5) is 0. The van der Waals surface area contributed by atoms with Crippen LogP contribution in [0.1, 0.15) is 20.3 Å². The summed E-state index contributed by atoms with van der Waals surface area (Å²) in [5.41, 5.74) is 0. The Kier molecular flexibility index (Phi) is 6.02. The maximum Gasteiger partial charge on any atom is 0.236 e. The maximum absolute atomic E-state index is 2.29. The highest BCUT2D eigenvalue weighted by Gasteiger charge is 1.82. The lowest BCUT2D eigenvalue weighted by Gasteiger charge is -1.81. The molecule has 0 unspecified atom stereocenters. The van der Waals surface area contributed by atoms with Crippen LogP contribution in [0.5, 0.6) is 0 Å². The van der Waals surface area contributed by atoms with Gasteiger partial charge >= 0.3 is 0 Å². The minimum atomic E-state index is 0.422. The quantitative estimate of drug-likeness (QED) is 0.374. The van der Waals surface area contributed by atoms with E-state index in [0.717, 1.165) is 0 Å². The van der Waals surface area contributed by atoms with Crippen LogP contribution in [0.3, 0.4) is 0 Å². The Labute approximate surface area is 46.7 Å². The van der Waals surface area contributed by atoms with Crippen LogP contribution >= 0.6 is 0 Å². The van der Waals surface area contributed by atoms with Crippen molar-refractivity contribution in [1.29, 1.82) is 0 Å². The first kappa shape index (κ1) is 6.53. The topological polar surface area (TPSA) is 0 Å². The minimum absolute atomic E-state index is 0.422. The Morgan fingerprint density at radius 1 is 1.33 bits per heavy atom. The van der Waals surface area contributed by atoms with Crippen molar-refractivity contribution in [2.24, 2.45) is 0 Å². The highest BCUT2D eigenvalue weighted by Crippen LogP contribution is 1.86. The molecule has 0 heterocycles. The molecule has 0 aliphatic heterocycles. The van der Waals surface area contributed by atoms with E-state index in [0.29, 0.717) is 15.2 Å². The second-order valence-corrected chi connectivity index (χ2v) is 4.12. The van der Waals surface area contributed by atoms with E-state index in [2.05, 4.69) is 13.8 Å². The van der Waals surface area contributed by atoms with E-state index in [4.69, 9.17) is 0 Å². The molecular weight excluding hydrogens is 87.0 g/mol. The molecule has 0 aromatic rings. The average Bonchev–Trinajstić information content (AvgIpc) is 1.61. The summed E-state index contributed by atoms with van der Waals surface area (Å²) in [6.07, 6.45) is 1.42. The zero-order valence-corrected chi connectivity index (χ0v) is 6.24. The van der Waals surface area contributed by atoms with E-state index in [1.54, 1.807) is 5.28 Å². The molecule has 0 saturated carbocycles. The molecule has 0 saturated heterocycles. The fraction of sp³-hybridized carbons (Fsp3) is 1.00. The Balaban J connectivity index is 2.34. The Morgan fingerprint density at radius 2 is 2.00 bits per heavy atom. The van der Waals surface area contributed by atoms with Crippen molar-refractivity contribution >= 4 is 15.2 Å². The van der Waals surface area contributed by atoms with Crippen LogP contribution < -0.4 is 0 Å². The van der Waals surface area contributed by atoms with E-state index in [1.165, 1.54) is 11.7 Å². The summed E-state index contributed by atoms with van der Waals surface area (Å²) in [5.74, 6) is 0. The lowest BCUT2D eigenvalue weighted by atomic mass is 10.6. The van der Waals surface area contributed by atoms with Gasteiger partial charge in [-0.15, -0.1) is 5.28 Å². The van der Waals surface area contributed by atoms with Crippen LogP contribution in [0.4, 0.5) is 0 Å². The summed E-state index contributed by atoms with van der Waals surface area (Å²) in [6, 6.07) is 0. The SMILES string of the molecule is CC[CH2][AlH][CH2]C. The van der Waals surface area contributed by atoms with Gasteiger partial charge in [-0.25, -0.2) is 0 Å². The third kappa shape index (κ3) is 4.53. The van der Waals surface area contributed by atoms with Gasteiger partial charge in [0.1, 0.15) is 0 Å². The van der Waals surface area contributed by atoms with Crippen molar-refractivity contribution in [3.05, 3.63) is 0 Å². The van der Waals surface area contributed by atoms with Crippen molar-refractivity contribution in [2.75, 3.05) is 0 Å². The normalized spacial score (nSPS) is 8.33. The van der Waals surface area contributed by atoms with Gasteiger partial charge in [-0.3, -0.25) is 0 Å². The molecule has 0 aliphatic carbocycles. The molecule has 0 rings (SSSR count). The molecule has 0 atom stereocenters. The first-order chi connectivity index (χ1) is 2.91. The number of hydrogen-bond donors (Lipinski definition) is 0. The molecule has 0 aromatic heterocycles. The summed E-state index contributed by atoms with van der Waals surface area (Å²) < 4.78 is 0. The Bertz CT molecular complexity index is 15.9. The van der Waals surface area contributed by atoms with Gasteiger partial charge in [-0.05, 0) is 0 Å². The van der Waals surface area contributed by atoms with Crippen molar-refractivity contribution < 1.29 is 0 Å². The first-order valence-corrected chi connectivity index (χ1v) is 4.91. The molecule has 0 spiro atoms. The van der Waals surface area contributed by atoms with Gasteiger partial charge in [-0.2, -0.15) is 0 Å². The smallest absolute Gasteiger partial charge is 0.100 e. The lowest BCUT2D eigenvalue weighted by molar-refractivity contribution is 1.07. The molecule has 0 N–H and O–H groups in total. The van der Waals surface area contributed by atoms with Crippen LogP contribution in [0.15, 0.2) is 0 Å². The van der Waals surface area contributed by atoms with Gasteiger partial charge < -0.3 is 0 Å². The maximum atomic E-state index is 2.29. The van der Waals surface area contributed by atoms with Gasteiger partial charge in [0.05, 0.1) is 0 Å². The van der Waals surface area contributed by atoms with Gasteiger partial charge in [0.2, 0.25) is 15.2 Å². The van der Waals surface area contributed by atoms with E-state index in [-0.39, 0.29) is 0 Å². The fourth-order valence-corrected chi connectivity index (χ4v) is 1.50. The van der Waals surface area contributed by atoms with Gasteiger partial charge in [-0.1, -0.05) is 25.6 Å². The molecule has 6 heavy (non-hydrogen) atoms. The van der Waals surface area contributed by atoms with Crippen molar-refractivity contribution in [3.63, 3.8) is 0 Å². The molecule has 0 amide bonds. The van der Waals surface area contributed by atoms with Crippen LogP contribution in [0.2, 0.25) is 10.6 Å². The van der Waals surface area contributed by atoms with Crippen LogP contribution in [0.25, 0.3) is 0 Å². The number of rotatable bonds is 3. The first-order valence-electron chi connectivity index (χ1n) is 2.91. The summed E-state index contributed by atoms with van der Waals surface area (Å²) in [7, 11) is 0. The minimum Gasteiger partial charge on any atom is -0.100 e. The molecule has 1 heteroatoms. The van der Waals surface area contributed by atoms with E-state index in [1.807, 2.05) is 0 Å². The third-order valence-corrected chi connectivity index (χ3v) is 2.87. The summed E-state index contributed by atoms with van der Waals surface area (Å²) >= 11 is 0.422. The fourth-order valence-electron chi connectivity index (χ4n) is 0.500. The van der Waals surface area contributed by atoms with Gasteiger partial charge in [0.15, 0.2) is 0 Å². The average molecular weight is 100 g/mol. The predicted molar refractivity (Wildman–Crippen MR) is 32.7 cm³/mol. The lowest BCUT2D eigenvalue weighted by Crippen LogP contribution is -1.80. The van der Waals surface area contributed by atoms with Crippen LogP contribution in [0, 0.1) is 0 Å². The summed E-state index contributed by atoms with van der Waals surface area (Å²) in [6.45, 7) is 4.56. The Hall–Kier alpha value is 0.532. The molecular formula is C5H13Al. The zero-order chi connectivity index (χ0) is 4.83. The molecule has 0 radical (unpaired) electrons. The van der Waals surface area contributed by atoms with Crippen LogP contribution in [-0.2, 0) is 0 Å². The Morgan fingerprint density at radius 3 is 2.17 bits per heavy atom. The highest BCUT2D eigenvalue weighted by molar-refractivity contribution is 6.35. The van der Waals surface area contributed by atoms with Gasteiger partial charge in [0.25, 0.3) is 0 Å². The van der Waals surface area contributed by atoms with Gasteiger partial charge in [0, 0.05) is 0 Å². The monoisotopic (exact) mass is 100 g/mol. The number of hydrogen-bond acceptors (Lipinski definition) is 0. The molecule has 0 fully saturated rings. The second-order valence-electron chi connectivity index (χ2n) is 1.71. The zero-order valence-electron chi connectivity index (χ0n) is 4.83. The van der Waals surface area contributed by atoms with Crippen LogP contribution in [-0.4, -0.2) is 15.2 Å². The van der Waals surface area contributed by atoms with E-state index >= 15 is 0 Å². The van der Waals surface area contributed by atoms with Crippen molar-refractivity contribution in [3.8, 4) is 0 Å². The third-order valence-electron chi connectivity index (χ3n) is 0.957.